The van der Waals surface area contributed by atoms with Crippen molar-refractivity contribution in [2.45, 2.75) is 0 Å². The van der Waals surface area contributed by atoms with Crippen molar-refractivity contribution in [3.63, 3.8) is 0 Å². The molecule has 1 heterocycles. The van der Waals surface area contributed by atoms with Crippen molar-refractivity contribution in [2.75, 3.05) is 4.90 Å². The van der Waals surface area contributed by atoms with E-state index in [1.165, 1.54) is 4.90 Å². The van der Waals surface area contributed by atoms with E-state index in [2.05, 4.69) is 0 Å². The van der Waals surface area contributed by atoms with Crippen molar-refractivity contribution >= 4 is 60.5 Å². The second kappa shape index (κ2) is 10.8. The maximum absolute atomic E-state index is 9.37. The predicted octanol–water partition coefficient (Wildman–Crippen LogP) is 12.7. The van der Waals surface area contributed by atoms with Crippen LogP contribution in [0.25, 0.3) is 65.7 Å². The molecule has 8 aromatic carbocycles. The zero-order valence-corrected chi connectivity index (χ0v) is 24.4. The van der Waals surface area contributed by atoms with Crippen molar-refractivity contribution in [3.05, 3.63) is 176 Å². The number of nitrogens with zero attached hydrogens (tertiary/aromatic N) is 1. The Balaban J connectivity index is 1.30. The topological polar surface area (TPSA) is 16.4 Å². The van der Waals surface area contributed by atoms with Gasteiger partial charge in [0.25, 0.3) is 0 Å². The zero-order valence-electron chi connectivity index (χ0n) is 33.4. The van der Waals surface area contributed by atoms with Crippen LogP contribution >= 0.6 is 0 Å². The molecule has 0 radical (unpaired) electrons. The molecule has 9 aromatic rings. The fourth-order valence-electron chi connectivity index (χ4n) is 6.24. The molecule has 0 bridgehead atoms. The van der Waals surface area contributed by atoms with Crippen molar-refractivity contribution in [2.24, 2.45) is 0 Å². The maximum Gasteiger partial charge on any atom is 0.143 e. The minimum atomic E-state index is -0.595. The monoisotopic (exact) mass is 596 g/mol. The summed E-state index contributed by atoms with van der Waals surface area (Å²) in [6, 6.07) is 33.5. The van der Waals surface area contributed by atoms with Crippen LogP contribution in [0.4, 0.5) is 17.1 Å². The van der Waals surface area contributed by atoms with Crippen LogP contribution in [0.1, 0.15) is 12.3 Å². The van der Waals surface area contributed by atoms with E-state index in [1.54, 1.807) is 24.3 Å². The lowest BCUT2D eigenvalue weighted by atomic mass is 9.97. The van der Waals surface area contributed by atoms with E-state index in [9.17, 15) is 5.48 Å². The number of anilines is 3. The average molecular weight is 597 g/mol. The Kier molecular flexibility index (Phi) is 4.37. The first kappa shape index (κ1) is 18.6. The van der Waals surface area contributed by atoms with Gasteiger partial charge in [0.2, 0.25) is 0 Å². The summed E-state index contributed by atoms with van der Waals surface area (Å²) in [7, 11) is 0. The van der Waals surface area contributed by atoms with Gasteiger partial charge in [0, 0.05) is 33.2 Å². The first-order valence-corrected chi connectivity index (χ1v) is 14.9. The van der Waals surface area contributed by atoms with Crippen LogP contribution in [0.5, 0.6) is 0 Å². The molecule has 0 aliphatic heterocycles. The first-order valence-electron chi connectivity index (χ1n) is 19.4. The quantitative estimate of drug-likeness (QED) is 0.196. The lowest BCUT2D eigenvalue weighted by Gasteiger charge is -2.26. The summed E-state index contributed by atoms with van der Waals surface area (Å²) in [6.07, 6.45) is 0. The van der Waals surface area contributed by atoms with Crippen molar-refractivity contribution < 1.29 is 16.8 Å². The fourth-order valence-corrected chi connectivity index (χ4v) is 6.24. The molecule has 0 saturated heterocycles. The Morgan fingerprint density at radius 3 is 2.07 bits per heavy atom. The Bertz CT molecular complexity index is 3010. The third kappa shape index (κ3) is 4.43. The van der Waals surface area contributed by atoms with E-state index in [4.69, 9.17) is 11.3 Å². The number of benzene rings is 8. The fraction of sp³-hybridized carbons (Fsp3) is 0. The largest absolute Gasteiger partial charge is 0.455 e. The van der Waals surface area contributed by atoms with Gasteiger partial charge in [0.1, 0.15) is 11.2 Å². The van der Waals surface area contributed by atoms with E-state index < -0.39 is 42.3 Å². The van der Waals surface area contributed by atoms with Crippen molar-refractivity contribution in [1.82, 2.24) is 0 Å². The van der Waals surface area contributed by atoms with Gasteiger partial charge in [-0.05, 0) is 92.9 Å². The highest BCUT2D eigenvalue weighted by Crippen LogP contribution is 2.42. The molecule has 216 valence electrons. The molecule has 0 fully saturated rings. The summed E-state index contributed by atoms with van der Waals surface area (Å²) in [4.78, 5) is 1.26. The summed E-state index contributed by atoms with van der Waals surface area (Å²) >= 11 is 0. The van der Waals surface area contributed by atoms with Gasteiger partial charge in [-0.3, -0.25) is 0 Å². The molecule has 46 heavy (non-hydrogen) atoms. The summed E-state index contributed by atoms with van der Waals surface area (Å²) in [5.41, 5.74) is 3.20. The first-order chi connectivity index (χ1) is 26.5. The summed E-state index contributed by atoms with van der Waals surface area (Å²) < 4.78 is 86.9. The Morgan fingerprint density at radius 1 is 0.457 bits per heavy atom. The van der Waals surface area contributed by atoms with Crippen LogP contribution in [0, 0.1) is 0 Å². The number of hydrogen-bond donors (Lipinski definition) is 0. The van der Waals surface area contributed by atoms with Gasteiger partial charge < -0.3 is 9.32 Å². The SMILES string of the molecule is [2H]c1c([2H])c([2H])c(N(c2cccc(-c3cccc4oc5c6ccccc6ccc5c34)c2)c2c([2H])c([2H])c(-c3ccc4ccccc4c3)c([2H])c2[2H])c([2H])c1[2H]. The van der Waals surface area contributed by atoms with Crippen molar-refractivity contribution in [1.29, 1.82) is 0 Å². The van der Waals surface area contributed by atoms with E-state index >= 15 is 0 Å². The molecule has 0 amide bonds. The van der Waals surface area contributed by atoms with Gasteiger partial charge in [-0.15, -0.1) is 0 Å². The molecule has 0 saturated carbocycles. The highest BCUT2D eigenvalue weighted by Gasteiger charge is 2.17. The molecule has 0 aliphatic carbocycles. The Labute approximate surface area is 280 Å². The van der Waals surface area contributed by atoms with Gasteiger partial charge in [0.15, 0.2) is 0 Å². The molecule has 0 aliphatic rings. The highest BCUT2D eigenvalue weighted by atomic mass is 16.3. The predicted molar refractivity (Wildman–Crippen MR) is 194 cm³/mol. The molecular formula is C44H29NO. The number of fused-ring (bicyclic) bond motifs is 6. The molecule has 9 rings (SSSR count). The molecule has 0 spiro atoms. The molecule has 0 atom stereocenters. The molecule has 0 unspecified atom stereocenters. The van der Waals surface area contributed by atoms with Crippen LogP contribution in [-0.2, 0) is 0 Å². The normalized spacial score (nSPS) is 14.2. The molecule has 0 N–H and O–H groups in total. The third-order valence-electron chi connectivity index (χ3n) is 8.39. The van der Waals surface area contributed by atoms with Crippen molar-refractivity contribution in [3.8, 4) is 22.3 Å². The molecular weight excluding hydrogens is 558 g/mol. The zero-order chi connectivity index (χ0) is 38.3. The van der Waals surface area contributed by atoms with E-state index in [0.717, 1.165) is 43.5 Å². The number of para-hydroxylation sites is 1. The summed E-state index contributed by atoms with van der Waals surface area (Å²) in [5.74, 6) is 0. The molecule has 1 aromatic heterocycles. The van der Waals surface area contributed by atoms with Crippen LogP contribution in [0.15, 0.2) is 180 Å². The third-order valence-corrected chi connectivity index (χ3v) is 8.39. The van der Waals surface area contributed by atoms with E-state index in [-0.39, 0.29) is 34.7 Å². The maximum atomic E-state index is 9.37. The highest BCUT2D eigenvalue weighted by molar-refractivity contribution is 6.19. The molecule has 2 nitrogen and oxygen atoms in total. The average Bonchev–Trinajstić information content (AvgIpc) is 3.61. The van der Waals surface area contributed by atoms with Crippen LogP contribution in [-0.4, -0.2) is 0 Å². The second-order valence-corrected chi connectivity index (χ2v) is 11.1. The standard InChI is InChI=1S/C44H29NO/c1-2-14-36(15-3-1)45(37-25-22-31(23-26-37)34-21-20-30-10-4-5-12-33(30)28-34)38-16-8-13-35(29-38)39-18-9-19-42-43(39)41-27-24-32-11-6-7-17-40(32)44(41)46-42/h1-29H/i1D,2D,3D,14D,15D,22D,23D,25D,26D. The number of furan rings is 1. The van der Waals surface area contributed by atoms with E-state index in [1.807, 2.05) is 97.1 Å². The van der Waals surface area contributed by atoms with Gasteiger partial charge in [-0.25, -0.2) is 0 Å². The van der Waals surface area contributed by atoms with E-state index in [0.29, 0.717) is 16.7 Å². The van der Waals surface area contributed by atoms with Gasteiger partial charge in [-0.1, -0.05) is 121 Å². The second-order valence-electron chi connectivity index (χ2n) is 11.1. The minimum Gasteiger partial charge on any atom is -0.455 e. The van der Waals surface area contributed by atoms with Crippen LogP contribution in [0.3, 0.4) is 0 Å². The Morgan fingerprint density at radius 2 is 1.20 bits per heavy atom. The smallest absolute Gasteiger partial charge is 0.143 e. The summed E-state index contributed by atoms with van der Waals surface area (Å²) in [5, 5.41) is 5.60. The van der Waals surface area contributed by atoms with Gasteiger partial charge in [-0.2, -0.15) is 0 Å². The Hall–Kier alpha value is -6.12. The van der Waals surface area contributed by atoms with Crippen LogP contribution in [0.2, 0.25) is 0 Å². The van der Waals surface area contributed by atoms with Gasteiger partial charge >= 0.3 is 0 Å². The van der Waals surface area contributed by atoms with Crippen LogP contribution < -0.4 is 4.90 Å². The minimum absolute atomic E-state index is 0.0882. The lowest BCUT2D eigenvalue weighted by molar-refractivity contribution is 0.673. The summed E-state index contributed by atoms with van der Waals surface area (Å²) in [6.45, 7) is 0. The molecule has 2 heteroatoms. The lowest BCUT2D eigenvalue weighted by Crippen LogP contribution is -2.09. The number of hydrogen-bond acceptors (Lipinski definition) is 2. The van der Waals surface area contributed by atoms with Gasteiger partial charge in [0.05, 0.1) is 12.3 Å². The number of rotatable bonds is 5.